The minimum atomic E-state index is -1.82. The van der Waals surface area contributed by atoms with E-state index in [2.05, 4.69) is 6.07 Å². The summed E-state index contributed by atoms with van der Waals surface area (Å²) in [7, 11) is 1.56. The van der Waals surface area contributed by atoms with E-state index in [4.69, 9.17) is 9.47 Å². The van der Waals surface area contributed by atoms with Gasteiger partial charge in [0.15, 0.2) is 16.9 Å². The van der Waals surface area contributed by atoms with Crippen molar-refractivity contribution in [2.24, 2.45) is 5.41 Å². The fourth-order valence-corrected chi connectivity index (χ4v) is 4.34. The Morgan fingerprint density at radius 1 is 1.07 bits per heavy atom. The molecule has 7 heteroatoms. The lowest BCUT2D eigenvalue weighted by Gasteiger charge is -2.38. The van der Waals surface area contributed by atoms with Crippen molar-refractivity contribution in [3.8, 4) is 17.6 Å². The van der Waals surface area contributed by atoms with Crippen LogP contribution in [0.1, 0.15) is 56.9 Å². The molecule has 0 spiro atoms. The summed E-state index contributed by atoms with van der Waals surface area (Å²) in [5, 5.41) is 28.8. The summed E-state index contributed by atoms with van der Waals surface area (Å²) in [6.45, 7) is 0. The molecule has 0 radical (unpaired) electrons. The fraction of sp³-hybridized carbons (Fsp3) is 0.571. The molecule has 7 nitrogen and oxygen atoms in total. The minimum absolute atomic E-state index is 0.0872. The molecule has 0 aliphatic heterocycles. The summed E-state index contributed by atoms with van der Waals surface area (Å²) in [5.74, 6) is -1.52. The second-order valence-corrected chi connectivity index (χ2v) is 7.78. The number of hydrogen-bond acceptors (Lipinski definition) is 5. The van der Waals surface area contributed by atoms with E-state index >= 15 is 0 Å². The highest BCUT2D eigenvalue weighted by molar-refractivity contribution is 5.98. The highest BCUT2D eigenvalue weighted by atomic mass is 16.5. The van der Waals surface area contributed by atoms with Gasteiger partial charge in [0, 0.05) is 0 Å². The third kappa shape index (κ3) is 3.39. The van der Waals surface area contributed by atoms with Gasteiger partial charge in [-0.3, -0.25) is 9.59 Å². The average Bonchev–Trinajstić information content (AvgIpc) is 3.20. The molecule has 0 amide bonds. The molecule has 0 aromatic heterocycles. The number of nitrogens with zero attached hydrogens (tertiary/aromatic N) is 1. The van der Waals surface area contributed by atoms with Crippen LogP contribution in [0.25, 0.3) is 0 Å². The van der Waals surface area contributed by atoms with Gasteiger partial charge in [0.25, 0.3) is 0 Å². The zero-order valence-corrected chi connectivity index (χ0v) is 15.9. The number of hydrogen-bond donors (Lipinski definition) is 2. The molecule has 3 rings (SSSR count). The summed E-state index contributed by atoms with van der Waals surface area (Å²) < 4.78 is 11.5. The molecule has 0 saturated heterocycles. The van der Waals surface area contributed by atoms with E-state index in [9.17, 15) is 25.1 Å². The van der Waals surface area contributed by atoms with E-state index in [0.717, 1.165) is 25.7 Å². The molecular weight excluding hydrogens is 362 g/mol. The van der Waals surface area contributed by atoms with Gasteiger partial charge in [-0.15, -0.1) is 0 Å². The Morgan fingerprint density at radius 2 is 1.68 bits per heavy atom. The summed E-state index contributed by atoms with van der Waals surface area (Å²) in [4.78, 5) is 23.2. The van der Waals surface area contributed by atoms with Gasteiger partial charge < -0.3 is 19.7 Å². The lowest BCUT2D eigenvalue weighted by molar-refractivity contribution is -0.167. The molecular formula is C21H25NO6. The summed E-state index contributed by atoms with van der Waals surface area (Å²) in [6.07, 6.45) is 4.50. The Labute approximate surface area is 163 Å². The van der Waals surface area contributed by atoms with Crippen molar-refractivity contribution in [2.45, 2.75) is 62.9 Å². The third-order valence-corrected chi connectivity index (χ3v) is 6.30. The van der Waals surface area contributed by atoms with Crippen LogP contribution < -0.4 is 9.47 Å². The van der Waals surface area contributed by atoms with E-state index in [-0.39, 0.29) is 31.8 Å². The molecule has 0 atom stereocenters. The maximum Gasteiger partial charge on any atom is 0.321 e. The molecule has 1 aromatic carbocycles. The number of nitriles is 1. The fourth-order valence-electron chi connectivity index (χ4n) is 4.34. The predicted octanol–water partition coefficient (Wildman–Crippen LogP) is 3.51. The van der Waals surface area contributed by atoms with E-state index in [1.165, 1.54) is 0 Å². The van der Waals surface area contributed by atoms with E-state index in [1.807, 2.05) is 0 Å². The Hall–Kier alpha value is -2.75. The van der Waals surface area contributed by atoms with Crippen molar-refractivity contribution in [3.05, 3.63) is 23.8 Å². The number of aliphatic carboxylic acids is 2. The Balaban J connectivity index is 1.89. The number of rotatable bonds is 6. The van der Waals surface area contributed by atoms with Crippen LogP contribution in [0.2, 0.25) is 0 Å². The van der Waals surface area contributed by atoms with E-state index in [0.29, 0.717) is 17.1 Å². The van der Waals surface area contributed by atoms with Gasteiger partial charge in [-0.25, -0.2) is 0 Å². The van der Waals surface area contributed by atoms with Crippen LogP contribution in [-0.2, 0) is 15.0 Å². The first-order chi connectivity index (χ1) is 13.4. The van der Waals surface area contributed by atoms with Crippen molar-refractivity contribution in [2.75, 3.05) is 7.11 Å². The summed E-state index contributed by atoms with van der Waals surface area (Å²) in [5.41, 5.74) is -2.04. The van der Waals surface area contributed by atoms with Crippen LogP contribution in [0.5, 0.6) is 11.5 Å². The maximum atomic E-state index is 11.6. The highest BCUT2D eigenvalue weighted by Crippen LogP contribution is 2.48. The number of carboxylic acid groups (broad SMARTS) is 2. The standard InChI is InChI=1S/C21H25NO6/c1-27-16-7-6-14(12-17(16)28-15-4-2-3-5-15)20(13-22)8-10-21(11-9-20,18(23)24)19(25)26/h6-7,12,15H,2-5,8-11H2,1H3,(H,23,24)(H,25,26). The monoisotopic (exact) mass is 387 g/mol. The van der Waals surface area contributed by atoms with Crippen molar-refractivity contribution in [1.29, 1.82) is 5.26 Å². The van der Waals surface area contributed by atoms with Gasteiger partial charge >= 0.3 is 11.9 Å². The zero-order chi connectivity index (χ0) is 20.4. The topological polar surface area (TPSA) is 117 Å². The minimum Gasteiger partial charge on any atom is -0.493 e. The van der Waals surface area contributed by atoms with E-state index < -0.39 is 22.8 Å². The Bertz CT molecular complexity index is 782. The van der Waals surface area contributed by atoms with Crippen molar-refractivity contribution < 1.29 is 29.3 Å². The maximum absolute atomic E-state index is 11.6. The SMILES string of the molecule is COc1ccc(C2(C#N)CCC(C(=O)O)(C(=O)O)CC2)cc1OC1CCCC1. The number of carbonyl (C=O) groups is 2. The third-order valence-electron chi connectivity index (χ3n) is 6.30. The van der Waals surface area contributed by atoms with Crippen molar-refractivity contribution in [3.63, 3.8) is 0 Å². The second-order valence-electron chi connectivity index (χ2n) is 7.78. The predicted molar refractivity (Wildman–Crippen MR) is 99.3 cm³/mol. The van der Waals surface area contributed by atoms with Gasteiger partial charge in [-0.2, -0.15) is 5.26 Å². The van der Waals surface area contributed by atoms with Gasteiger partial charge in [-0.1, -0.05) is 6.07 Å². The molecule has 2 saturated carbocycles. The molecule has 28 heavy (non-hydrogen) atoms. The molecule has 0 unspecified atom stereocenters. The lowest BCUT2D eigenvalue weighted by Crippen LogP contribution is -2.46. The number of carboxylic acids is 2. The van der Waals surface area contributed by atoms with Crippen LogP contribution in [0.3, 0.4) is 0 Å². The van der Waals surface area contributed by atoms with Crippen molar-refractivity contribution >= 4 is 11.9 Å². The van der Waals surface area contributed by atoms with Gasteiger partial charge in [0.2, 0.25) is 0 Å². The molecule has 0 bridgehead atoms. The van der Waals surface area contributed by atoms with Gasteiger partial charge in [0.1, 0.15) is 0 Å². The van der Waals surface area contributed by atoms with Gasteiger partial charge in [0.05, 0.1) is 24.7 Å². The normalized spacial score (nSPS) is 20.9. The second kappa shape index (κ2) is 7.70. The number of methoxy groups -OCH3 is 1. The van der Waals surface area contributed by atoms with Crippen molar-refractivity contribution in [1.82, 2.24) is 0 Å². The molecule has 0 heterocycles. The molecule has 2 fully saturated rings. The average molecular weight is 387 g/mol. The Kier molecular flexibility index (Phi) is 5.50. The number of ether oxygens (including phenoxy) is 2. The van der Waals surface area contributed by atoms with E-state index in [1.54, 1.807) is 25.3 Å². The first kappa shape index (κ1) is 20.0. The first-order valence-corrected chi connectivity index (χ1v) is 9.60. The zero-order valence-electron chi connectivity index (χ0n) is 15.9. The van der Waals surface area contributed by atoms with Gasteiger partial charge in [-0.05, 0) is 69.1 Å². The molecule has 2 aliphatic carbocycles. The molecule has 2 aliphatic rings. The number of benzene rings is 1. The lowest BCUT2D eigenvalue weighted by atomic mass is 9.61. The van der Waals surface area contributed by atoms with Crippen LogP contribution in [0.4, 0.5) is 0 Å². The van der Waals surface area contributed by atoms with Crippen LogP contribution in [0, 0.1) is 16.7 Å². The largest absolute Gasteiger partial charge is 0.493 e. The van der Waals surface area contributed by atoms with Crippen LogP contribution >= 0.6 is 0 Å². The molecule has 1 aromatic rings. The highest BCUT2D eigenvalue weighted by Gasteiger charge is 2.53. The van der Waals surface area contributed by atoms with Crippen LogP contribution in [-0.4, -0.2) is 35.4 Å². The summed E-state index contributed by atoms with van der Waals surface area (Å²) in [6, 6.07) is 7.67. The summed E-state index contributed by atoms with van der Waals surface area (Å²) >= 11 is 0. The molecule has 2 N–H and O–H groups in total. The molecule has 150 valence electrons. The van der Waals surface area contributed by atoms with Crippen LogP contribution in [0.15, 0.2) is 18.2 Å². The first-order valence-electron chi connectivity index (χ1n) is 9.60. The smallest absolute Gasteiger partial charge is 0.321 e. The Morgan fingerprint density at radius 3 is 2.18 bits per heavy atom. The quantitative estimate of drug-likeness (QED) is 0.717.